The molecule has 1 aliphatic rings. The lowest BCUT2D eigenvalue weighted by Gasteiger charge is -2.34. The number of hydrogen-bond donors (Lipinski definition) is 1. The number of fused-ring (bicyclic) bond motifs is 1. The second-order valence-corrected chi connectivity index (χ2v) is 11.7. The highest BCUT2D eigenvalue weighted by Gasteiger charge is 2.38. The number of aryl methyl sites for hydroxylation is 2. The number of furan rings is 1. The molecule has 0 spiro atoms. The summed E-state index contributed by atoms with van der Waals surface area (Å²) in [6.07, 6.45) is 3.82. The molecule has 226 valence electrons. The van der Waals surface area contributed by atoms with E-state index in [0.29, 0.717) is 40.1 Å². The molecule has 0 unspecified atom stereocenters. The number of carbonyl (C=O) groups is 2. The predicted molar refractivity (Wildman–Crippen MR) is 161 cm³/mol. The van der Waals surface area contributed by atoms with Gasteiger partial charge < -0.3 is 19.2 Å². The lowest BCUT2D eigenvalue weighted by Crippen LogP contribution is -2.50. The van der Waals surface area contributed by atoms with Gasteiger partial charge in [-0.1, -0.05) is 12.1 Å². The molecule has 0 radical (unpaired) electrons. The number of aromatic nitrogens is 4. The van der Waals surface area contributed by atoms with Crippen LogP contribution in [0.1, 0.15) is 62.3 Å². The van der Waals surface area contributed by atoms with Crippen molar-refractivity contribution in [1.29, 1.82) is 0 Å². The molecule has 0 saturated carbocycles. The van der Waals surface area contributed by atoms with E-state index in [-0.39, 0.29) is 18.4 Å². The highest BCUT2D eigenvalue weighted by atomic mass is 16.5. The second-order valence-electron chi connectivity index (χ2n) is 11.7. The fourth-order valence-electron chi connectivity index (χ4n) is 5.41. The van der Waals surface area contributed by atoms with Gasteiger partial charge in [0.2, 0.25) is 5.82 Å². The molecule has 2 heterocycles. The highest BCUT2D eigenvalue weighted by molar-refractivity contribution is 6.01. The van der Waals surface area contributed by atoms with Crippen LogP contribution in [0.4, 0.5) is 5.69 Å². The van der Waals surface area contributed by atoms with Gasteiger partial charge in [-0.3, -0.25) is 14.5 Å². The molecular formula is C32H38N6O5. The number of rotatable bonds is 9. The van der Waals surface area contributed by atoms with Crippen LogP contribution in [0.3, 0.4) is 0 Å². The Balaban J connectivity index is 1.55. The van der Waals surface area contributed by atoms with E-state index >= 15 is 0 Å². The predicted octanol–water partition coefficient (Wildman–Crippen LogP) is 4.83. The Hall–Kier alpha value is -4.67. The van der Waals surface area contributed by atoms with Gasteiger partial charge in [-0.15, -0.1) is 10.2 Å². The summed E-state index contributed by atoms with van der Waals surface area (Å²) < 4.78 is 16.7. The third-order valence-electron chi connectivity index (χ3n) is 7.31. The number of anilines is 1. The maximum atomic E-state index is 14.4. The molecule has 2 aromatic carbocycles. The van der Waals surface area contributed by atoms with Crippen molar-refractivity contribution in [2.75, 3.05) is 19.1 Å². The van der Waals surface area contributed by atoms with Crippen LogP contribution in [0.15, 0.2) is 52.9 Å². The van der Waals surface area contributed by atoms with Crippen molar-refractivity contribution in [2.24, 2.45) is 0 Å². The number of benzene rings is 2. The van der Waals surface area contributed by atoms with E-state index < -0.39 is 11.6 Å². The summed E-state index contributed by atoms with van der Waals surface area (Å²) in [6, 6.07) is 13.7. The largest absolute Gasteiger partial charge is 0.493 e. The molecule has 4 aromatic rings. The van der Waals surface area contributed by atoms with Crippen molar-refractivity contribution in [3.8, 4) is 22.9 Å². The SMILES string of the molecule is COc1ccc(-c2nnn(CC(=O)N(c3cccc4c3CCCC4)[C@H](C(=O)NC(C)(C)C)c3ccc(C)o3)n2)cc1OC. The first-order chi connectivity index (χ1) is 20.6. The smallest absolute Gasteiger partial charge is 0.251 e. The van der Waals surface area contributed by atoms with E-state index in [0.717, 1.165) is 31.2 Å². The van der Waals surface area contributed by atoms with Gasteiger partial charge in [0.05, 0.1) is 14.2 Å². The zero-order valence-corrected chi connectivity index (χ0v) is 25.5. The fourth-order valence-corrected chi connectivity index (χ4v) is 5.41. The number of hydrogen-bond acceptors (Lipinski definition) is 8. The Bertz CT molecular complexity index is 1620. The fraction of sp³-hybridized carbons (Fsp3) is 0.406. The van der Waals surface area contributed by atoms with E-state index in [9.17, 15) is 9.59 Å². The molecule has 43 heavy (non-hydrogen) atoms. The summed E-state index contributed by atoms with van der Waals surface area (Å²) in [5.41, 5.74) is 3.05. The Labute approximate surface area is 251 Å². The number of nitrogens with zero attached hydrogens (tertiary/aromatic N) is 5. The van der Waals surface area contributed by atoms with Crippen molar-refractivity contribution in [3.05, 3.63) is 71.2 Å². The van der Waals surface area contributed by atoms with Crippen LogP contribution in [0, 0.1) is 6.92 Å². The van der Waals surface area contributed by atoms with Gasteiger partial charge >= 0.3 is 0 Å². The van der Waals surface area contributed by atoms with E-state index in [2.05, 4.69) is 26.8 Å². The Morgan fingerprint density at radius 3 is 2.51 bits per heavy atom. The Morgan fingerprint density at radius 1 is 1.05 bits per heavy atom. The minimum Gasteiger partial charge on any atom is -0.493 e. The molecule has 0 fully saturated rings. The molecule has 2 amide bonds. The molecular weight excluding hydrogens is 548 g/mol. The van der Waals surface area contributed by atoms with Gasteiger partial charge in [0.25, 0.3) is 11.8 Å². The van der Waals surface area contributed by atoms with Gasteiger partial charge in [-0.25, -0.2) is 0 Å². The van der Waals surface area contributed by atoms with Crippen LogP contribution in [0.2, 0.25) is 0 Å². The maximum Gasteiger partial charge on any atom is 0.251 e. The van der Waals surface area contributed by atoms with E-state index in [1.54, 1.807) is 49.5 Å². The maximum absolute atomic E-state index is 14.4. The van der Waals surface area contributed by atoms with Crippen molar-refractivity contribution >= 4 is 17.5 Å². The summed E-state index contributed by atoms with van der Waals surface area (Å²) in [4.78, 5) is 31.1. The molecule has 2 aromatic heterocycles. The molecule has 11 heteroatoms. The molecule has 11 nitrogen and oxygen atoms in total. The summed E-state index contributed by atoms with van der Waals surface area (Å²) in [5, 5.41) is 15.9. The van der Waals surface area contributed by atoms with Gasteiger partial charge in [-0.2, -0.15) is 4.80 Å². The number of tetrazole rings is 1. The topological polar surface area (TPSA) is 125 Å². The summed E-state index contributed by atoms with van der Waals surface area (Å²) in [7, 11) is 3.11. The summed E-state index contributed by atoms with van der Waals surface area (Å²) >= 11 is 0. The molecule has 1 aliphatic carbocycles. The number of nitrogens with one attached hydrogen (secondary N) is 1. The van der Waals surface area contributed by atoms with Gasteiger partial charge in [-0.05, 0) is 106 Å². The van der Waals surface area contributed by atoms with Crippen LogP contribution in [-0.4, -0.2) is 51.8 Å². The van der Waals surface area contributed by atoms with Crippen molar-refractivity contribution in [1.82, 2.24) is 25.5 Å². The molecule has 0 bridgehead atoms. The quantitative estimate of drug-likeness (QED) is 0.296. The minimum absolute atomic E-state index is 0.247. The van der Waals surface area contributed by atoms with Crippen LogP contribution in [0.5, 0.6) is 11.5 Å². The lowest BCUT2D eigenvalue weighted by molar-refractivity contribution is -0.128. The normalized spacial score (nSPS) is 13.6. The third-order valence-corrected chi connectivity index (χ3v) is 7.31. The van der Waals surface area contributed by atoms with Gasteiger partial charge in [0, 0.05) is 16.8 Å². The molecule has 1 atom stereocenters. The minimum atomic E-state index is -1.05. The first-order valence-electron chi connectivity index (χ1n) is 14.4. The van der Waals surface area contributed by atoms with Crippen LogP contribution < -0.4 is 19.7 Å². The average molecular weight is 587 g/mol. The number of ether oxygens (including phenoxy) is 2. The number of methoxy groups -OCH3 is 2. The molecule has 1 N–H and O–H groups in total. The highest BCUT2D eigenvalue weighted by Crippen LogP contribution is 2.37. The standard InChI is InChI=1S/C32H38N6O5/c1-20-14-16-26(43-20)29(31(40)33-32(2,3)4)38(24-13-9-11-21-10-7-8-12-23(21)24)28(39)19-37-35-30(34-36-37)22-15-17-25(41-5)27(18-22)42-6/h9,11,13-18,29H,7-8,10,12,19H2,1-6H3,(H,33,40)/t29-/m0/s1. The number of carbonyl (C=O) groups excluding carboxylic acids is 2. The van der Waals surface area contributed by atoms with E-state index in [1.165, 1.54) is 10.4 Å². The average Bonchev–Trinajstić information content (AvgIpc) is 3.63. The van der Waals surface area contributed by atoms with Crippen molar-refractivity contribution < 1.29 is 23.5 Å². The monoisotopic (exact) mass is 586 g/mol. The first kappa shape index (κ1) is 29.8. The van der Waals surface area contributed by atoms with Crippen molar-refractivity contribution in [3.63, 3.8) is 0 Å². The first-order valence-corrected chi connectivity index (χ1v) is 14.4. The Kier molecular flexibility index (Phi) is 8.52. The Morgan fingerprint density at radius 2 is 1.81 bits per heavy atom. The lowest BCUT2D eigenvalue weighted by atomic mass is 9.89. The van der Waals surface area contributed by atoms with Crippen LogP contribution >= 0.6 is 0 Å². The second kappa shape index (κ2) is 12.3. The van der Waals surface area contributed by atoms with Gasteiger partial charge in [0.1, 0.15) is 18.1 Å². The van der Waals surface area contributed by atoms with Crippen molar-refractivity contribution in [2.45, 2.75) is 71.5 Å². The third kappa shape index (κ3) is 6.55. The van der Waals surface area contributed by atoms with E-state index in [1.807, 2.05) is 39.8 Å². The molecule has 0 saturated heterocycles. The van der Waals surface area contributed by atoms with Crippen LogP contribution in [-0.2, 0) is 29.0 Å². The zero-order chi connectivity index (χ0) is 30.7. The van der Waals surface area contributed by atoms with Crippen LogP contribution in [0.25, 0.3) is 11.4 Å². The summed E-state index contributed by atoms with van der Waals surface area (Å²) in [6.45, 7) is 7.28. The number of amides is 2. The molecule has 5 rings (SSSR count). The molecule has 0 aliphatic heterocycles. The summed E-state index contributed by atoms with van der Waals surface area (Å²) in [5.74, 6) is 1.71. The van der Waals surface area contributed by atoms with E-state index in [4.69, 9.17) is 13.9 Å². The zero-order valence-electron chi connectivity index (χ0n) is 25.5. The van der Waals surface area contributed by atoms with Gasteiger partial charge in [0.15, 0.2) is 17.5 Å².